The van der Waals surface area contributed by atoms with Crippen LogP contribution in [0.4, 0.5) is 0 Å². The Kier molecular flexibility index (Phi) is 3.27. The second kappa shape index (κ2) is 4.07. The molecule has 1 fully saturated rings. The van der Waals surface area contributed by atoms with Crippen LogP contribution < -0.4 is 5.73 Å². The number of hydrogen-bond acceptors (Lipinski definition) is 3. The minimum absolute atomic E-state index is 0.182. The number of carboxylic acid groups (broad SMARTS) is 1. The van der Waals surface area contributed by atoms with Crippen molar-refractivity contribution >= 4 is 5.97 Å². The summed E-state index contributed by atoms with van der Waals surface area (Å²) in [6.07, 6.45) is 1.59. The van der Waals surface area contributed by atoms with E-state index in [4.69, 9.17) is 15.6 Å². The number of rotatable bonds is 3. The third-order valence-electron chi connectivity index (χ3n) is 3.01. The second-order valence-electron chi connectivity index (χ2n) is 3.89. The van der Waals surface area contributed by atoms with Crippen molar-refractivity contribution in [3.8, 4) is 0 Å². The van der Waals surface area contributed by atoms with Gasteiger partial charge in [0, 0.05) is 19.8 Å². The van der Waals surface area contributed by atoms with Crippen LogP contribution in [0, 0.1) is 11.3 Å². The van der Waals surface area contributed by atoms with Crippen molar-refractivity contribution in [1.29, 1.82) is 0 Å². The van der Waals surface area contributed by atoms with Gasteiger partial charge in [-0.15, -0.1) is 0 Å². The molecule has 0 radical (unpaired) electrons. The first-order valence-corrected chi connectivity index (χ1v) is 4.61. The van der Waals surface area contributed by atoms with E-state index < -0.39 is 11.9 Å². The van der Waals surface area contributed by atoms with Crippen molar-refractivity contribution < 1.29 is 14.6 Å². The number of carbonyl (C=O) groups is 1. The van der Waals surface area contributed by atoms with Crippen molar-refractivity contribution in [3.63, 3.8) is 0 Å². The maximum atomic E-state index is 10.9. The van der Waals surface area contributed by atoms with Gasteiger partial charge in [-0.25, -0.2) is 0 Å². The van der Waals surface area contributed by atoms with Crippen LogP contribution in [-0.4, -0.2) is 30.8 Å². The van der Waals surface area contributed by atoms with Gasteiger partial charge in [-0.05, 0) is 18.3 Å². The average Bonchev–Trinajstić information content (AvgIpc) is 2.05. The lowest BCUT2D eigenvalue weighted by atomic mass is 9.71. The Morgan fingerprint density at radius 2 is 2.15 bits per heavy atom. The molecule has 0 saturated carbocycles. The third-order valence-corrected chi connectivity index (χ3v) is 3.01. The van der Waals surface area contributed by atoms with E-state index in [1.165, 1.54) is 0 Å². The summed E-state index contributed by atoms with van der Waals surface area (Å²) in [6.45, 7) is 3.51. The highest BCUT2D eigenvalue weighted by atomic mass is 16.5. The molecule has 1 unspecified atom stereocenters. The Balaban J connectivity index is 2.68. The summed E-state index contributed by atoms with van der Waals surface area (Å²) in [5.74, 6) is -1.22. The Bertz CT molecular complexity index is 187. The SMILES string of the molecule is CC1(C(CN)C(=O)O)CCOCC1. The van der Waals surface area contributed by atoms with E-state index in [1.807, 2.05) is 6.92 Å². The standard InChI is InChI=1S/C9H17NO3/c1-9(2-4-13-5-3-9)7(6-10)8(11)12/h7H,2-6,10H2,1H3,(H,11,12). The van der Waals surface area contributed by atoms with Crippen LogP contribution in [-0.2, 0) is 9.53 Å². The normalized spacial score (nSPS) is 23.8. The molecule has 0 aromatic heterocycles. The zero-order chi connectivity index (χ0) is 9.90. The Hall–Kier alpha value is -0.610. The first-order valence-electron chi connectivity index (χ1n) is 4.61. The van der Waals surface area contributed by atoms with Gasteiger partial charge in [0.2, 0.25) is 0 Å². The molecule has 3 N–H and O–H groups in total. The van der Waals surface area contributed by atoms with Crippen molar-refractivity contribution in [2.24, 2.45) is 17.1 Å². The predicted molar refractivity (Wildman–Crippen MR) is 48.3 cm³/mol. The van der Waals surface area contributed by atoms with Gasteiger partial charge in [-0.1, -0.05) is 6.92 Å². The molecule has 1 rings (SSSR count). The van der Waals surface area contributed by atoms with Gasteiger partial charge in [0.25, 0.3) is 0 Å². The fourth-order valence-electron chi connectivity index (χ4n) is 1.87. The number of carboxylic acids is 1. The summed E-state index contributed by atoms with van der Waals surface area (Å²) in [4.78, 5) is 10.9. The molecule has 76 valence electrons. The number of aliphatic carboxylic acids is 1. The molecule has 0 aromatic carbocycles. The first kappa shape index (κ1) is 10.5. The third kappa shape index (κ3) is 2.19. The monoisotopic (exact) mass is 187 g/mol. The largest absolute Gasteiger partial charge is 0.481 e. The highest BCUT2D eigenvalue weighted by Crippen LogP contribution is 2.37. The van der Waals surface area contributed by atoms with Crippen molar-refractivity contribution in [2.75, 3.05) is 19.8 Å². The molecule has 13 heavy (non-hydrogen) atoms. The van der Waals surface area contributed by atoms with Gasteiger partial charge in [0.05, 0.1) is 5.92 Å². The van der Waals surface area contributed by atoms with Crippen LogP contribution in [0.3, 0.4) is 0 Å². The molecule has 0 spiro atoms. The quantitative estimate of drug-likeness (QED) is 0.673. The van der Waals surface area contributed by atoms with E-state index in [2.05, 4.69) is 0 Å². The van der Waals surface area contributed by atoms with Gasteiger partial charge in [0.15, 0.2) is 0 Å². The molecule has 0 aromatic rings. The minimum atomic E-state index is -0.785. The fraction of sp³-hybridized carbons (Fsp3) is 0.889. The molecular weight excluding hydrogens is 170 g/mol. The van der Waals surface area contributed by atoms with Gasteiger partial charge in [0.1, 0.15) is 0 Å². The summed E-state index contributed by atoms with van der Waals surface area (Å²) in [7, 11) is 0. The summed E-state index contributed by atoms with van der Waals surface area (Å²) in [5.41, 5.74) is 5.29. The lowest BCUT2D eigenvalue weighted by Crippen LogP contribution is -2.42. The van der Waals surface area contributed by atoms with E-state index in [9.17, 15) is 4.79 Å². The molecule has 1 aliphatic heterocycles. The van der Waals surface area contributed by atoms with Gasteiger partial charge >= 0.3 is 5.97 Å². The number of nitrogens with two attached hydrogens (primary N) is 1. The van der Waals surface area contributed by atoms with Gasteiger partial charge in [-0.2, -0.15) is 0 Å². The molecule has 1 heterocycles. The second-order valence-corrected chi connectivity index (χ2v) is 3.89. The van der Waals surface area contributed by atoms with Crippen LogP contribution >= 0.6 is 0 Å². The first-order chi connectivity index (χ1) is 6.10. The smallest absolute Gasteiger partial charge is 0.308 e. The molecular formula is C9H17NO3. The highest BCUT2D eigenvalue weighted by Gasteiger charge is 2.39. The molecule has 0 amide bonds. The van der Waals surface area contributed by atoms with E-state index in [-0.39, 0.29) is 12.0 Å². The molecule has 0 aliphatic carbocycles. The number of ether oxygens (including phenoxy) is 1. The minimum Gasteiger partial charge on any atom is -0.481 e. The highest BCUT2D eigenvalue weighted by molar-refractivity contribution is 5.71. The average molecular weight is 187 g/mol. The zero-order valence-corrected chi connectivity index (χ0v) is 7.95. The van der Waals surface area contributed by atoms with Crippen molar-refractivity contribution in [3.05, 3.63) is 0 Å². The van der Waals surface area contributed by atoms with Crippen LogP contribution in [0.15, 0.2) is 0 Å². The fourth-order valence-corrected chi connectivity index (χ4v) is 1.87. The van der Waals surface area contributed by atoms with E-state index >= 15 is 0 Å². The molecule has 1 aliphatic rings. The maximum absolute atomic E-state index is 10.9. The van der Waals surface area contributed by atoms with Crippen molar-refractivity contribution in [1.82, 2.24) is 0 Å². The topological polar surface area (TPSA) is 72.6 Å². The zero-order valence-electron chi connectivity index (χ0n) is 7.95. The van der Waals surface area contributed by atoms with Crippen LogP contribution in [0.2, 0.25) is 0 Å². The van der Waals surface area contributed by atoms with Crippen LogP contribution in [0.25, 0.3) is 0 Å². The lowest BCUT2D eigenvalue weighted by Gasteiger charge is -2.37. The summed E-state index contributed by atoms with van der Waals surface area (Å²) in [5, 5.41) is 8.97. The molecule has 4 nitrogen and oxygen atoms in total. The van der Waals surface area contributed by atoms with Crippen LogP contribution in [0.1, 0.15) is 19.8 Å². The number of hydrogen-bond donors (Lipinski definition) is 2. The lowest BCUT2D eigenvalue weighted by molar-refractivity contribution is -0.148. The molecule has 1 saturated heterocycles. The molecule has 1 atom stereocenters. The van der Waals surface area contributed by atoms with E-state index in [0.717, 1.165) is 12.8 Å². The Morgan fingerprint density at radius 1 is 1.62 bits per heavy atom. The van der Waals surface area contributed by atoms with Crippen molar-refractivity contribution in [2.45, 2.75) is 19.8 Å². The Morgan fingerprint density at radius 3 is 2.54 bits per heavy atom. The maximum Gasteiger partial charge on any atom is 0.308 e. The summed E-state index contributed by atoms with van der Waals surface area (Å²) >= 11 is 0. The van der Waals surface area contributed by atoms with Crippen LogP contribution in [0.5, 0.6) is 0 Å². The van der Waals surface area contributed by atoms with Gasteiger partial charge < -0.3 is 15.6 Å². The molecule has 4 heteroatoms. The molecule has 0 bridgehead atoms. The van der Waals surface area contributed by atoms with E-state index in [0.29, 0.717) is 13.2 Å². The summed E-state index contributed by atoms with van der Waals surface area (Å²) < 4.78 is 5.21. The summed E-state index contributed by atoms with van der Waals surface area (Å²) in [6, 6.07) is 0. The Labute approximate surface area is 78.1 Å². The van der Waals surface area contributed by atoms with E-state index in [1.54, 1.807) is 0 Å². The predicted octanol–water partition coefficient (Wildman–Crippen LogP) is 0.463. The van der Waals surface area contributed by atoms with Gasteiger partial charge in [-0.3, -0.25) is 4.79 Å².